The minimum Gasteiger partial charge on any atom is -0.466 e. The Labute approximate surface area is 66.7 Å². The van der Waals surface area contributed by atoms with Crippen LogP contribution in [0.15, 0.2) is 12.2 Å². The maximum absolute atomic E-state index is 10.7. The van der Waals surface area contributed by atoms with E-state index in [0.717, 1.165) is 0 Å². The Morgan fingerprint density at radius 3 is 2.82 bits per heavy atom. The Hall–Kier alpha value is -0.830. The van der Waals surface area contributed by atoms with Gasteiger partial charge in [0.2, 0.25) is 0 Å². The summed E-state index contributed by atoms with van der Waals surface area (Å²) in [6, 6.07) is 0. The molecule has 0 aliphatic carbocycles. The number of aliphatic hydroxyl groups excluding tert-OH is 1. The molecule has 0 aromatic rings. The van der Waals surface area contributed by atoms with E-state index < -0.39 is 6.10 Å². The van der Waals surface area contributed by atoms with Gasteiger partial charge in [0.15, 0.2) is 0 Å². The molecule has 0 saturated heterocycles. The highest BCUT2D eigenvalue weighted by Crippen LogP contribution is 1.95. The zero-order chi connectivity index (χ0) is 8.69. The van der Waals surface area contributed by atoms with E-state index in [1.807, 2.05) is 0 Å². The average molecular weight is 158 g/mol. The van der Waals surface area contributed by atoms with Gasteiger partial charge in [0.25, 0.3) is 0 Å². The van der Waals surface area contributed by atoms with Crippen LogP contribution in [0.3, 0.4) is 0 Å². The number of allylic oxidation sites excluding steroid dienone is 1. The predicted octanol–water partition coefficient (Wildman–Crippen LogP) is 0.877. The molecule has 0 saturated carbocycles. The van der Waals surface area contributed by atoms with Crippen LogP contribution in [0, 0.1) is 0 Å². The number of ether oxygens (including phenoxy) is 1. The molecule has 0 rings (SSSR count). The van der Waals surface area contributed by atoms with Crippen molar-refractivity contribution in [2.24, 2.45) is 0 Å². The van der Waals surface area contributed by atoms with E-state index in [1.54, 1.807) is 26.0 Å². The fourth-order valence-electron chi connectivity index (χ4n) is 0.681. The maximum Gasteiger partial charge on any atom is 0.308 e. The molecule has 3 nitrogen and oxygen atoms in total. The van der Waals surface area contributed by atoms with Crippen LogP contribution in [0.4, 0.5) is 0 Å². The molecule has 0 heterocycles. The van der Waals surface area contributed by atoms with Crippen LogP contribution in [0.1, 0.15) is 20.3 Å². The van der Waals surface area contributed by atoms with Crippen molar-refractivity contribution in [3.63, 3.8) is 0 Å². The van der Waals surface area contributed by atoms with Crippen LogP contribution in [-0.2, 0) is 9.53 Å². The molecule has 64 valence electrons. The third-order valence-corrected chi connectivity index (χ3v) is 1.10. The lowest BCUT2D eigenvalue weighted by atomic mass is 10.2. The third-order valence-electron chi connectivity index (χ3n) is 1.10. The number of hydrogen-bond acceptors (Lipinski definition) is 3. The summed E-state index contributed by atoms with van der Waals surface area (Å²) in [5, 5.41) is 9.06. The average Bonchev–Trinajstić information content (AvgIpc) is 1.87. The first-order valence-electron chi connectivity index (χ1n) is 3.67. The van der Waals surface area contributed by atoms with Gasteiger partial charge in [0.05, 0.1) is 19.1 Å². The van der Waals surface area contributed by atoms with E-state index in [9.17, 15) is 4.79 Å². The monoisotopic (exact) mass is 158 g/mol. The number of carbonyl (C=O) groups is 1. The zero-order valence-corrected chi connectivity index (χ0v) is 6.91. The maximum atomic E-state index is 10.7. The van der Waals surface area contributed by atoms with Crippen molar-refractivity contribution in [1.82, 2.24) is 0 Å². The molecular formula is C8H14O3. The van der Waals surface area contributed by atoms with Crippen LogP contribution < -0.4 is 0 Å². The molecule has 0 aliphatic rings. The number of hydrogen-bond donors (Lipinski definition) is 1. The number of rotatable bonds is 4. The van der Waals surface area contributed by atoms with Gasteiger partial charge in [-0.05, 0) is 13.8 Å². The molecule has 0 aromatic carbocycles. The molecule has 0 bridgehead atoms. The molecule has 0 aliphatic heterocycles. The summed E-state index contributed by atoms with van der Waals surface area (Å²) in [7, 11) is 0. The van der Waals surface area contributed by atoms with Crippen LogP contribution in [0.25, 0.3) is 0 Å². The van der Waals surface area contributed by atoms with Gasteiger partial charge in [-0.15, -0.1) is 0 Å². The summed E-state index contributed by atoms with van der Waals surface area (Å²) in [5.41, 5.74) is 0. The summed E-state index contributed by atoms with van der Waals surface area (Å²) in [6.07, 6.45) is 2.58. The van der Waals surface area contributed by atoms with Gasteiger partial charge in [0, 0.05) is 0 Å². The van der Waals surface area contributed by atoms with E-state index in [0.29, 0.717) is 6.61 Å². The highest BCUT2D eigenvalue weighted by molar-refractivity contribution is 5.70. The van der Waals surface area contributed by atoms with Crippen molar-refractivity contribution < 1.29 is 14.6 Å². The smallest absolute Gasteiger partial charge is 0.308 e. The second kappa shape index (κ2) is 5.92. The van der Waals surface area contributed by atoms with Crippen LogP contribution in [0.2, 0.25) is 0 Å². The minimum absolute atomic E-state index is 0.0399. The van der Waals surface area contributed by atoms with Crippen molar-refractivity contribution in [3.05, 3.63) is 12.2 Å². The van der Waals surface area contributed by atoms with Crippen LogP contribution >= 0.6 is 0 Å². The van der Waals surface area contributed by atoms with Gasteiger partial charge < -0.3 is 9.84 Å². The molecule has 0 aromatic heterocycles. The number of esters is 1. The normalized spacial score (nSPS) is 13.4. The lowest BCUT2D eigenvalue weighted by molar-refractivity contribution is -0.144. The lowest BCUT2D eigenvalue weighted by Gasteiger charge is -2.03. The van der Waals surface area contributed by atoms with Gasteiger partial charge in [0.1, 0.15) is 0 Å². The second-order valence-electron chi connectivity index (χ2n) is 2.10. The molecule has 0 spiro atoms. The second-order valence-corrected chi connectivity index (χ2v) is 2.10. The molecular weight excluding hydrogens is 144 g/mol. The van der Waals surface area contributed by atoms with Gasteiger partial charge in [-0.1, -0.05) is 12.2 Å². The fraction of sp³-hybridized carbons (Fsp3) is 0.625. The molecule has 11 heavy (non-hydrogen) atoms. The largest absolute Gasteiger partial charge is 0.466 e. The Morgan fingerprint density at radius 2 is 2.36 bits per heavy atom. The minimum atomic E-state index is -0.709. The van der Waals surface area contributed by atoms with Gasteiger partial charge in [-0.25, -0.2) is 0 Å². The predicted molar refractivity (Wildman–Crippen MR) is 42.1 cm³/mol. The molecule has 1 N–H and O–H groups in total. The highest BCUT2D eigenvalue weighted by Gasteiger charge is 2.06. The number of carbonyl (C=O) groups excluding carboxylic acids is 1. The van der Waals surface area contributed by atoms with Crippen molar-refractivity contribution >= 4 is 5.97 Å². The van der Waals surface area contributed by atoms with Gasteiger partial charge in [-0.3, -0.25) is 4.79 Å². The highest BCUT2D eigenvalue weighted by atomic mass is 16.5. The van der Waals surface area contributed by atoms with Crippen molar-refractivity contribution in [1.29, 1.82) is 0 Å². The zero-order valence-electron chi connectivity index (χ0n) is 6.91. The Kier molecular flexibility index (Phi) is 5.47. The third kappa shape index (κ3) is 5.61. The van der Waals surface area contributed by atoms with E-state index in [4.69, 9.17) is 5.11 Å². The van der Waals surface area contributed by atoms with Crippen molar-refractivity contribution in [2.45, 2.75) is 26.4 Å². The van der Waals surface area contributed by atoms with Crippen LogP contribution in [0.5, 0.6) is 0 Å². The Morgan fingerprint density at radius 1 is 1.73 bits per heavy atom. The number of aliphatic hydroxyl groups is 1. The quantitative estimate of drug-likeness (QED) is 0.488. The molecule has 3 heteroatoms. The van der Waals surface area contributed by atoms with E-state index >= 15 is 0 Å². The van der Waals surface area contributed by atoms with Gasteiger partial charge >= 0.3 is 5.97 Å². The van der Waals surface area contributed by atoms with Crippen LogP contribution in [-0.4, -0.2) is 23.8 Å². The molecule has 1 unspecified atom stereocenters. The summed E-state index contributed by atoms with van der Waals surface area (Å²) >= 11 is 0. The van der Waals surface area contributed by atoms with Gasteiger partial charge in [-0.2, -0.15) is 0 Å². The SMILES string of the molecule is C/C=C/C(O)CC(=O)OCC. The summed E-state index contributed by atoms with van der Waals surface area (Å²) in [4.78, 5) is 10.7. The molecule has 1 atom stereocenters. The Bertz CT molecular complexity index is 140. The topological polar surface area (TPSA) is 46.5 Å². The van der Waals surface area contributed by atoms with E-state index in [-0.39, 0.29) is 12.4 Å². The van der Waals surface area contributed by atoms with Crippen molar-refractivity contribution in [2.75, 3.05) is 6.61 Å². The first kappa shape index (κ1) is 10.2. The summed E-state index contributed by atoms with van der Waals surface area (Å²) in [6.45, 7) is 3.88. The van der Waals surface area contributed by atoms with Crippen molar-refractivity contribution in [3.8, 4) is 0 Å². The lowest BCUT2D eigenvalue weighted by Crippen LogP contribution is -2.13. The summed E-state index contributed by atoms with van der Waals surface area (Å²) in [5.74, 6) is -0.363. The molecule has 0 amide bonds. The fourth-order valence-corrected chi connectivity index (χ4v) is 0.681. The standard InChI is InChI=1S/C8H14O3/c1-3-5-7(9)6-8(10)11-4-2/h3,5,7,9H,4,6H2,1-2H3/b5-3+. The first-order chi connectivity index (χ1) is 5.20. The summed E-state index contributed by atoms with van der Waals surface area (Å²) < 4.78 is 4.63. The van der Waals surface area contributed by atoms with E-state index in [2.05, 4.69) is 4.74 Å². The first-order valence-corrected chi connectivity index (χ1v) is 3.67. The van der Waals surface area contributed by atoms with E-state index in [1.165, 1.54) is 0 Å². The Balaban J connectivity index is 3.57. The molecule has 0 radical (unpaired) electrons. The molecule has 0 fully saturated rings.